The average Bonchev–Trinajstić information content (AvgIpc) is 2.73. The molecule has 0 atom stereocenters. The van der Waals surface area contributed by atoms with Crippen molar-refractivity contribution in [3.8, 4) is 0 Å². The minimum atomic E-state index is -0.413. The van der Waals surface area contributed by atoms with Gasteiger partial charge >= 0.3 is 5.97 Å². The number of amides is 2. The second-order valence-corrected chi connectivity index (χ2v) is 7.73. The first-order valence-electron chi connectivity index (χ1n) is 10.5. The summed E-state index contributed by atoms with van der Waals surface area (Å²) in [6, 6.07) is 6.57. The fourth-order valence-corrected chi connectivity index (χ4v) is 3.31. The Balaban J connectivity index is 1.65. The van der Waals surface area contributed by atoms with Crippen LogP contribution in [0.25, 0.3) is 0 Å². The van der Waals surface area contributed by atoms with E-state index in [9.17, 15) is 14.4 Å². The number of carbonyl (C=O) groups is 3. The van der Waals surface area contributed by atoms with Crippen molar-refractivity contribution in [3.63, 3.8) is 0 Å². The van der Waals surface area contributed by atoms with Gasteiger partial charge in [-0.2, -0.15) is 0 Å². The third-order valence-electron chi connectivity index (χ3n) is 4.99. The summed E-state index contributed by atoms with van der Waals surface area (Å²) in [7, 11) is 1.33. The van der Waals surface area contributed by atoms with Gasteiger partial charge in [0.25, 0.3) is 0 Å². The first-order valence-corrected chi connectivity index (χ1v) is 10.5. The van der Waals surface area contributed by atoms with Crippen molar-refractivity contribution in [2.75, 3.05) is 45.2 Å². The lowest BCUT2D eigenvalue weighted by atomic mass is 9.96. The van der Waals surface area contributed by atoms with Gasteiger partial charge in [-0.25, -0.2) is 4.79 Å². The fourth-order valence-electron chi connectivity index (χ4n) is 3.31. The minimum absolute atomic E-state index is 0.00111. The largest absolute Gasteiger partial charge is 0.465 e. The molecular formula is C22H33N3O5. The van der Waals surface area contributed by atoms with Crippen LogP contribution in [0.5, 0.6) is 0 Å². The van der Waals surface area contributed by atoms with Gasteiger partial charge < -0.3 is 20.1 Å². The normalized spacial score (nSPS) is 15.1. The summed E-state index contributed by atoms with van der Waals surface area (Å²) < 4.78 is 10.1. The number of ether oxygens (including phenoxy) is 2. The molecule has 1 aliphatic heterocycles. The Hall–Kier alpha value is -2.45. The van der Waals surface area contributed by atoms with Gasteiger partial charge in [-0.3, -0.25) is 14.5 Å². The maximum atomic E-state index is 12.3. The van der Waals surface area contributed by atoms with Crippen LogP contribution in [0.3, 0.4) is 0 Å². The first-order chi connectivity index (χ1) is 14.4. The summed E-state index contributed by atoms with van der Waals surface area (Å²) in [5, 5.41) is 5.81. The first kappa shape index (κ1) is 23.8. The Bertz CT molecular complexity index is 697. The van der Waals surface area contributed by atoms with E-state index in [1.165, 1.54) is 7.11 Å². The molecule has 2 rings (SSSR count). The molecular weight excluding hydrogens is 386 g/mol. The van der Waals surface area contributed by atoms with Crippen LogP contribution in [0.1, 0.15) is 43.5 Å². The summed E-state index contributed by atoms with van der Waals surface area (Å²) in [6.07, 6.45) is 2.51. The minimum Gasteiger partial charge on any atom is -0.465 e. The highest BCUT2D eigenvalue weighted by Gasteiger charge is 2.25. The number of anilines is 1. The van der Waals surface area contributed by atoms with Crippen LogP contribution in [0, 0.1) is 5.92 Å². The maximum Gasteiger partial charge on any atom is 0.337 e. The van der Waals surface area contributed by atoms with Crippen LogP contribution in [-0.4, -0.2) is 68.7 Å². The summed E-state index contributed by atoms with van der Waals surface area (Å²) in [6.45, 7) is 6.97. The van der Waals surface area contributed by atoms with Crippen molar-refractivity contribution >= 4 is 23.5 Å². The molecule has 1 saturated heterocycles. The van der Waals surface area contributed by atoms with E-state index in [0.717, 1.165) is 19.3 Å². The predicted molar refractivity (Wildman–Crippen MR) is 114 cm³/mol. The van der Waals surface area contributed by atoms with E-state index in [0.29, 0.717) is 37.5 Å². The third-order valence-corrected chi connectivity index (χ3v) is 4.99. The number of nitrogens with zero attached hydrogens (tertiary/aromatic N) is 1. The van der Waals surface area contributed by atoms with E-state index < -0.39 is 5.97 Å². The number of rotatable bonds is 10. The van der Waals surface area contributed by atoms with Crippen molar-refractivity contribution in [1.29, 1.82) is 0 Å². The number of hydrogen-bond donors (Lipinski definition) is 2. The fraction of sp³-hybridized carbons (Fsp3) is 0.591. The molecule has 1 aromatic carbocycles. The predicted octanol–water partition coefficient (Wildman–Crippen LogP) is 2.05. The van der Waals surface area contributed by atoms with Gasteiger partial charge in [-0.15, -0.1) is 0 Å². The molecule has 2 N–H and O–H groups in total. The number of benzene rings is 1. The molecule has 1 aromatic rings. The monoisotopic (exact) mass is 419 g/mol. The quantitative estimate of drug-likeness (QED) is 0.445. The van der Waals surface area contributed by atoms with E-state index in [4.69, 9.17) is 4.74 Å². The highest BCUT2D eigenvalue weighted by molar-refractivity contribution is 5.94. The third kappa shape index (κ3) is 8.12. The summed E-state index contributed by atoms with van der Waals surface area (Å²) in [5.41, 5.74) is 1.06. The Labute approximate surface area is 178 Å². The number of nitrogens with one attached hydrogen (secondary N) is 2. The molecule has 0 saturated carbocycles. The zero-order valence-electron chi connectivity index (χ0n) is 18.1. The van der Waals surface area contributed by atoms with Crippen molar-refractivity contribution in [1.82, 2.24) is 10.2 Å². The Kier molecular flexibility index (Phi) is 9.76. The molecule has 1 heterocycles. The van der Waals surface area contributed by atoms with Crippen molar-refractivity contribution in [3.05, 3.63) is 29.8 Å². The SMILES string of the molecule is COC(=O)c1ccc(NC(=O)CN2CCC(C(=O)NCCCOC(C)C)CC2)cc1. The molecule has 0 unspecified atom stereocenters. The number of methoxy groups -OCH3 is 1. The molecule has 2 amide bonds. The zero-order chi connectivity index (χ0) is 21.9. The zero-order valence-corrected chi connectivity index (χ0v) is 18.1. The molecule has 1 aliphatic rings. The number of piperidine rings is 1. The number of esters is 1. The van der Waals surface area contributed by atoms with E-state index in [2.05, 4.69) is 20.3 Å². The van der Waals surface area contributed by atoms with Crippen molar-refractivity contribution in [2.24, 2.45) is 5.92 Å². The van der Waals surface area contributed by atoms with Crippen LogP contribution in [0.2, 0.25) is 0 Å². The molecule has 0 bridgehead atoms. The van der Waals surface area contributed by atoms with Crippen LogP contribution < -0.4 is 10.6 Å². The molecule has 0 aromatic heterocycles. The Morgan fingerprint density at radius 1 is 1.13 bits per heavy atom. The maximum absolute atomic E-state index is 12.3. The molecule has 0 spiro atoms. The lowest BCUT2D eigenvalue weighted by molar-refractivity contribution is -0.126. The van der Waals surface area contributed by atoms with Gasteiger partial charge in [-0.1, -0.05) is 0 Å². The van der Waals surface area contributed by atoms with Crippen LogP contribution in [0.4, 0.5) is 5.69 Å². The standard InChI is InChI=1S/C22H33N3O5/c1-16(2)30-14-4-11-23-21(27)17-9-12-25(13-10-17)15-20(26)24-19-7-5-18(6-8-19)22(28)29-3/h5-8,16-17H,4,9-15H2,1-3H3,(H,23,27)(H,24,26). The second-order valence-electron chi connectivity index (χ2n) is 7.73. The van der Waals surface area contributed by atoms with E-state index >= 15 is 0 Å². The van der Waals surface area contributed by atoms with Crippen molar-refractivity contribution < 1.29 is 23.9 Å². The van der Waals surface area contributed by atoms with Gasteiger partial charge in [0.1, 0.15) is 0 Å². The molecule has 8 heteroatoms. The van der Waals surface area contributed by atoms with E-state index in [-0.39, 0.29) is 30.4 Å². The average molecular weight is 420 g/mol. The second kappa shape index (κ2) is 12.3. The number of carbonyl (C=O) groups excluding carboxylic acids is 3. The molecule has 0 radical (unpaired) electrons. The molecule has 8 nitrogen and oxygen atoms in total. The number of hydrogen-bond acceptors (Lipinski definition) is 6. The Morgan fingerprint density at radius 2 is 1.80 bits per heavy atom. The van der Waals surface area contributed by atoms with Crippen LogP contribution in [-0.2, 0) is 19.1 Å². The molecule has 166 valence electrons. The summed E-state index contributed by atoms with van der Waals surface area (Å²) in [4.78, 5) is 38.1. The lowest BCUT2D eigenvalue weighted by Gasteiger charge is -2.30. The van der Waals surface area contributed by atoms with E-state index in [1.807, 2.05) is 13.8 Å². The van der Waals surface area contributed by atoms with Crippen LogP contribution in [0.15, 0.2) is 24.3 Å². The van der Waals surface area contributed by atoms with Gasteiger partial charge in [0.2, 0.25) is 11.8 Å². The van der Waals surface area contributed by atoms with Gasteiger partial charge in [0, 0.05) is 24.8 Å². The van der Waals surface area contributed by atoms with Gasteiger partial charge in [0.05, 0.1) is 25.3 Å². The molecule has 30 heavy (non-hydrogen) atoms. The lowest BCUT2D eigenvalue weighted by Crippen LogP contribution is -2.43. The molecule has 1 fully saturated rings. The summed E-state index contributed by atoms with van der Waals surface area (Å²) >= 11 is 0. The molecule has 0 aliphatic carbocycles. The summed E-state index contributed by atoms with van der Waals surface area (Å²) in [5.74, 6) is -0.437. The van der Waals surface area contributed by atoms with Gasteiger partial charge in [-0.05, 0) is 70.5 Å². The van der Waals surface area contributed by atoms with Gasteiger partial charge in [0.15, 0.2) is 0 Å². The topological polar surface area (TPSA) is 97.0 Å². The highest BCUT2D eigenvalue weighted by atomic mass is 16.5. The van der Waals surface area contributed by atoms with Crippen molar-refractivity contribution in [2.45, 2.75) is 39.2 Å². The smallest absolute Gasteiger partial charge is 0.337 e. The van der Waals surface area contributed by atoms with Crippen LogP contribution >= 0.6 is 0 Å². The van der Waals surface area contributed by atoms with E-state index in [1.54, 1.807) is 24.3 Å². The Morgan fingerprint density at radius 3 is 2.40 bits per heavy atom. The number of likely N-dealkylation sites (tertiary alicyclic amines) is 1. The highest BCUT2D eigenvalue weighted by Crippen LogP contribution is 2.17.